The van der Waals surface area contributed by atoms with Crippen LogP contribution in [0.1, 0.15) is 6.42 Å². The van der Waals surface area contributed by atoms with Crippen molar-refractivity contribution in [2.75, 3.05) is 13.2 Å². The molecule has 0 aromatic rings. The number of hydrogen-bond acceptors (Lipinski definition) is 6. The zero-order chi connectivity index (χ0) is 14.9. The predicted octanol–water partition coefficient (Wildman–Crippen LogP) is -0.561. The number of hydrogen-bond donors (Lipinski definition) is 4. The molecule has 116 valence electrons. The fourth-order valence-corrected chi connectivity index (χ4v) is 3.15. The molecule has 0 radical (unpaired) electrons. The van der Waals surface area contributed by atoms with Crippen molar-refractivity contribution in [1.82, 2.24) is 5.32 Å². The quantitative estimate of drug-likeness (QED) is 0.558. The number of amidine groups is 1. The second kappa shape index (κ2) is 6.06. The van der Waals surface area contributed by atoms with Gasteiger partial charge in [-0.15, -0.1) is 0 Å². The summed E-state index contributed by atoms with van der Waals surface area (Å²) in [7, 11) is 0. The van der Waals surface area contributed by atoms with Crippen molar-refractivity contribution in [2.45, 2.75) is 42.4 Å². The van der Waals surface area contributed by atoms with Crippen LogP contribution < -0.4 is 5.32 Å². The number of halogens is 3. The molecule has 20 heavy (non-hydrogen) atoms. The molecule has 0 aromatic heterocycles. The highest BCUT2D eigenvalue weighted by atomic mass is 32.2. The fraction of sp³-hybridized carbons (Fsp3) is 0.900. The number of alkyl halides is 3. The van der Waals surface area contributed by atoms with Gasteiger partial charge in [0.25, 0.3) is 0 Å². The van der Waals surface area contributed by atoms with E-state index in [9.17, 15) is 23.4 Å². The van der Waals surface area contributed by atoms with E-state index in [-0.39, 0.29) is 5.17 Å². The molecule has 2 heterocycles. The first-order chi connectivity index (χ1) is 9.31. The minimum absolute atomic E-state index is 0.231. The smallest absolute Gasteiger partial charge is 0.390 e. The van der Waals surface area contributed by atoms with Crippen molar-refractivity contribution in [3.8, 4) is 0 Å². The molecule has 2 fully saturated rings. The maximum absolute atomic E-state index is 12.0. The van der Waals surface area contributed by atoms with Crippen LogP contribution in [0.15, 0.2) is 4.99 Å². The molecule has 2 aliphatic heterocycles. The molecule has 0 saturated carbocycles. The van der Waals surface area contributed by atoms with E-state index in [4.69, 9.17) is 9.84 Å². The summed E-state index contributed by atoms with van der Waals surface area (Å²) in [5.41, 5.74) is -0.602. The van der Waals surface area contributed by atoms with E-state index in [0.717, 1.165) is 11.8 Å². The molecule has 4 N–H and O–H groups in total. The Labute approximate surface area is 117 Å². The third-order valence-electron chi connectivity index (χ3n) is 3.05. The Morgan fingerprint density at radius 1 is 1.30 bits per heavy atom. The predicted molar refractivity (Wildman–Crippen MR) is 65.2 cm³/mol. The lowest BCUT2D eigenvalue weighted by molar-refractivity contribution is -0.167. The summed E-state index contributed by atoms with van der Waals surface area (Å²) < 4.78 is 41.4. The van der Waals surface area contributed by atoms with Gasteiger partial charge in [-0.05, 0) is 0 Å². The number of thioether (sulfide) groups is 1. The van der Waals surface area contributed by atoms with Crippen molar-refractivity contribution in [3.63, 3.8) is 0 Å². The fourth-order valence-electron chi connectivity index (χ4n) is 1.99. The van der Waals surface area contributed by atoms with Crippen molar-refractivity contribution >= 4 is 16.9 Å². The van der Waals surface area contributed by atoms with Gasteiger partial charge < -0.3 is 25.4 Å². The number of nitrogens with one attached hydrogen (secondary N) is 1. The number of aliphatic hydroxyl groups is 3. The zero-order valence-electron chi connectivity index (χ0n) is 10.2. The number of aliphatic hydroxyl groups excluding tert-OH is 3. The van der Waals surface area contributed by atoms with E-state index in [0.29, 0.717) is 0 Å². The summed E-state index contributed by atoms with van der Waals surface area (Å²) in [6, 6.07) is -0.664. The molecule has 0 aromatic carbocycles. The normalized spacial score (nSPS) is 39.7. The molecular weight excluding hydrogens is 301 g/mol. The van der Waals surface area contributed by atoms with Crippen LogP contribution in [0.2, 0.25) is 0 Å². The van der Waals surface area contributed by atoms with Gasteiger partial charge >= 0.3 is 6.18 Å². The van der Waals surface area contributed by atoms with Crippen molar-refractivity contribution in [2.24, 2.45) is 4.99 Å². The molecule has 0 bridgehead atoms. The Morgan fingerprint density at radius 3 is 2.60 bits per heavy atom. The van der Waals surface area contributed by atoms with Crippen LogP contribution in [0.4, 0.5) is 13.2 Å². The first kappa shape index (κ1) is 15.8. The second-order valence-corrected chi connectivity index (χ2v) is 5.63. The van der Waals surface area contributed by atoms with Gasteiger partial charge in [-0.3, -0.25) is 4.99 Å². The summed E-state index contributed by atoms with van der Waals surface area (Å²) >= 11 is 1.04. The van der Waals surface area contributed by atoms with Crippen LogP contribution in [0.3, 0.4) is 0 Å². The minimum atomic E-state index is -4.27. The summed E-state index contributed by atoms with van der Waals surface area (Å²) in [6.45, 7) is -0.872. The molecule has 5 atom stereocenters. The molecule has 0 aliphatic carbocycles. The minimum Gasteiger partial charge on any atom is -0.394 e. The molecule has 2 aliphatic rings. The van der Waals surface area contributed by atoms with Crippen LogP contribution in [0.5, 0.6) is 0 Å². The van der Waals surface area contributed by atoms with Gasteiger partial charge in [0.1, 0.15) is 23.7 Å². The Kier molecular flexibility index (Phi) is 4.80. The Morgan fingerprint density at radius 2 is 2.00 bits per heavy atom. The van der Waals surface area contributed by atoms with Crippen LogP contribution >= 0.6 is 11.8 Å². The topological polar surface area (TPSA) is 94.3 Å². The van der Waals surface area contributed by atoms with Gasteiger partial charge in [0.2, 0.25) is 0 Å². The van der Waals surface area contributed by atoms with Gasteiger partial charge in [-0.25, -0.2) is 0 Å². The van der Waals surface area contributed by atoms with Crippen molar-refractivity contribution in [1.29, 1.82) is 0 Å². The summed E-state index contributed by atoms with van der Waals surface area (Å²) in [5, 5.41) is 31.5. The SMILES string of the molecule is OCC1O[C@@H]2SC(=NCCC(F)(F)F)N[C@@H]2[C@@H](O)[C@@H]1O. The largest absolute Gasteiger partial charge is 0.394 e. The maximum atomic E-state index is 12.0. The number of aliphatic imine (C=N–C) groups is 1. The van der Waals surface area contributed by atoms with E-state index in [1.54, 1.807) is 0 Å². The van der Waals surface area contributed by atoms with E-state index in [2.05, 4.69) is 10.3 Å². The molecular formula is C10H15F3N2O4S. The molecule has 6 nitrogen and oxygen atoms in total. The monoisotopic (exact) mass is 316 g/mol. The number of nitrogens with zero attached hydrogens (tertiary/aromatic N) is 1. The highest BCUT2D eigenvalue weighted by Crippen LogP contribution is 2.33. The molecule has 2 rings (SSSR count). The van der Waals surface area contributed by atoms with Gasteiger partial charge in [0.05, 0.1) is 25.6 Å². The van der Waals surface area contributed by atoms with Crippen LogP contribution in [0.25, 0.3) is 0 Å². The highest BCUT2D eigenvalue weighted by molar-refractivity contribution is 8.14. The van der Waals surface area contributed by atoms with Crippen LogP contribution in [0, 0.1) is 0 Å². The average Bonchev–Trinajstić information content (AvgIpc) is 2.75. The molecule has 0 spiro atoms. The van der Waals surface area contributed by atoms with Gasteiger partial charge in [-0.1, -0.05) is 11.8 Å². The average molecular weight is 316 g/mol. The Bertz CT molecular complexity index is 382. The second-order valence-electron chi connectivity index (χ2n) is 4.55. The lowest BCUT2D eigenvalue weighted by Gasteiger charge is -2.38. The first-order valence-corrected chi connectivity index (χ1v) is 6.86. The lowest BCUT2D eigenvalue weighted by atomic mass is 9.98. The van der Waals surface area contributed by atoms with Crippen molar-refractivity contribution < 1.29 is 33.2 Å². The summed E-state index contributed by atoms with van der Waals surface area (Å²) in [6.07, 6.45) is -8.67. The number of rotatable bonds is 3. The third kappa shape index (κ3) is 3.55. The highest BCUT2D eigenvalue weighted by Gasteiger charge is 2.48. The number of fused-ring (bicyclic) bond motifs is 1. The lowest BCUT2D eigenvalue weighted by Crippen LogP contribution is -2.59. The molecule has 1 unspecified atom stereocenters. The van der Waals surface area contributed by atoms with E-state index >= 15 is 0 Å². The standard InChI is InChI=1S/C10H15F3N2O4S/c11-10(12,13)1-2-14-9-15-5-7(18)6(17)4(3-16)19-8(5)20-9/h4-8,16-18H,1-3H2,(H,14,15)/t4?,5-,6-,7-,8-/m1/s1. The van der Waals surface area contributed by atoms with Gasteiger partial charge in [0, 0.05) is 0 Å². The first-order valence-electron chi connectivity index (χ1n) is 5.98. The number of ether oxygens (including phenoxy) is 1. The Balaban J connectivity index is 1.95. The molecule has 0 amide bonds. The zero-order valence-corrected chi connectivity index (χ0v) is 11.1. The van der Waals surface area contributed by atoms with E-state index in [1.165, 1.54) is 0 Å². The van der Waals surface area contributed by atoms with Gasteiger partial charge in [-0.2, -0.15) is 13.2 Å². The third-order valence-corrected chi connectivity index (χ3v) is 4.16. The Hall–Kier alpha value is -0.550. The van der Waals surface area contributed by atoms with Crippen molar-refractivity contribution in [3.05, 3.63) is 0 Å². The van der Waals surface area contributed by atoms with E-state index in [1.807, 2.05) is 0 Å². The maximum Gasteiger partial charge on any atom is 0.390 e. The molecule has 10 heteroatoms. The van der Waals surface area contributed by atoms with Crippen LogP contribution in [-0.4, -0.2) is 69.6 Å². The van der Waals surface area contributed by atoms with Crippen LogP contribution in [-0.2, 0) is 4.74 Å². The summed E-state index contributed by atoms with van der Waals surface area (Å²) in [5.74, 6) is 0. The van der Waals surface area contributed by atoms with Gasteiger partial charge in [0.15, 0.2) is 5.17 Å². The van der Waals surface area contributed by atoms with E-state index < -0.39 is 55.5 Å². The summed E-state index contributed by atoms with van der Waals surface area (Å²) in [4.78, 5) is 3.76. The molecule has 2 saturated heterocycles.